The molecular formula is C25H29N7O4. The molecule has 1 amide bonds. The third-order valence-corrected chi connectivity index (χ3v) is 7.33. The monoisotopic (exact) mass is 491 g/mol. The van der Waals surface area contributed by atoms with Gasteiger partial charge in [-0.05, 0) is 31.0 Å². The van der Waals surface area contributed by atoms with Crippen molar-refractivity contribution in [2.75, 3.05) is 39.8 Å². The van der Waals surface area contributed by atoms with Crippen LogP contribution >= 0.6 is 0 Å². The Bertz CT molecular complexity index is 1430. The second-order valence-corrected chi connectivity index (χ2v) is 9.21. The topological polar surface area (TPSA) is 117 Å². The van der Waals surface area contributed by atoms with Crippen molar-refractivity contribution in [2.45, 2.75) is 37.1 Å². The van der Waals surface area contributed by atoms with Crippen molar-refractivity contribution in [1.82, 2.24) is 29.5 Å². The molecule has 2 aliphatic rings. The predicted octanol–water partition coefficient (Wildman–Crippen LogP) is 2.28. The summed E-state index contributed by atoms with van der Waals surface area (Å²) in [5, 5.41) is 12.1. The van der Waals surface area contributed by atoms with Gasteiger partial charge in [0.25, 0.3) is 5.91 Å². The number of aromatic nitrogens is 5. The zero-order valence-electron chi connectivity index (χ0n) is 20.5. The molecule has 0 spiro atoms. The summed E-state index contributed by atoms with van der Waals surface area (Å²) < 4.78 is 20.5. The molecule has 188 valence electrons. The first kappa shape index (κ1) is 22.9. The Morgan fingerprint density at radius 2 is 2.00 bits per heavy atom. The number of fused-ring (bicyclic) bond motifs is 2. The normalized spacial score (nSPS) is 23.8. The summed E-state index contributed by atoms with van der Waals surface area (Å²) in [4.78, 5) is 22.3. The Morgan fingerprint density at radius 3 is 2.75 bits per heavy atom. The van der Waals surface area contributed by atoms with Crippen LogP contribution in [0.3, 0.4) is 0 Å². The molecule has 2 N–H and O–H groups in total. The van der Waals surface area contributed by atoms with Crippen LogP contribution in [0.4, 0.5) is 5.69 Å². The number of amides is 1. The van der Waals surface area contributed by atoms with Crippen LogP contribution in [-0.4, -0.2) is 82.8 Å². The highest BCUT2D eigenvalue weighted by Gasteiger charge is 2.34. The Morgan fingerprint density at radius 1 is 1.14 bits per heavy atom. The second-order valence-electron chi connectivity index (χ2n) is 9.21. The Hall–Kier alpha value is -3.54. The number of hydrogen-bond donors (Lipinski definition) is 2. The Kier molecular flexibility index (Phi) is 5.82. The van der Waals surface area contributed by atoms with Crippen molar-refractivity contribution in [3.8, 4) is 11.3 Å². The van der Waals surface area contributed by atoms with Crippen molar-refractivity contribution < 1.29 is 19.0 Å². The van der Waals surface area contributed by atoms with Gasteiger partial charge in [0, 0.05) is 44.6 Å². The minimum Gasteiger partial charge on any atom is -0.385 e. The van der Waals surface area contributed by atoms with Crippen LogP contribution < -0.4 is 10.6 Å². The average molecular weight is 492 g/mol. The summed E-state index contributed by atoms with van der Waals surface area (Å²) in [6, 6.07) is 5.88. The van der Waals surface area contributed by atoms with Gasteiger partial charge in [0.05, 0.1) is 49.0 Å². The number of nitrogens with zero attached hydrogens (tertiary/aromatic N) is 5. The van der Waals surface area contributed by atoms with Crippen LogP contribution in [-0.2, 0) is 14.2 Å². The maximum atomic E-state index is 13.2. The van der Waals surface area contributed by atoms with Crippen molar-refractivity contribution in [1.29, 1.82) is 0 Å². The van der Waals surface area contributed by atoms with E-state index in [2.05, 4.69) is 25.2 Å². The molecule has 5 heterocycles. The van der Waals surface area contributed by atoms with Crippen molar-refractivity contribution in [3.63, 3.8) is 0 Å². The van der Waals surface area contributed by atoms with E-state index in [1.54, 1.807) is 31.1 Å². The number of anilines is 1. The molecule has 36 heavy (non-hydrogen) atoms. The number of carbonyl (C=O) groups is 1. The molecule has 4 aromatic heterocycles. The third kappa shape index (κ3) is 3.62. The lowest BCUT2D eigenvalue weighted by atomic mass is 9.89. The van der Waals surface area contributed by atoms with E-state index in [0.29, 0.717) is 30.2 Å². The fraction of sp³-hybridized carbons (Fsp3) is 0.440. The summed E-state index contributed by atoms with van der Waals surface area (Å²) in [7, 11) is 5.20. The highest BCUT2D eigenvalue weighted by atomic mass is 16.5. The summed E-state index contributed by atoms with van der Waals surface area (Å²) in [6.07, 6.45) is 7.19. The highest BCUT2D eigenvalue weighted by molar-refractivity contribution is 5.96. The molecule has 11 heteroatoms. The molecule has 2 unspecified atom stereocenters. The zero-order valence-corrected chi connectivity index (χ0v) is 20.5. The lowest BCUT2D eigenvalue weighted by Crippen LogP contribution is -2.51. The van der Waals surface area contributed by atoms with Gasteiger partial charge in [0.2, 0.25) is 0 Å². The number of rotatable bonds is 7. The van der Waals surface area contributed by atoms with E-state index in [1.807, 2.05) is 31.4 Å². The van der Waals surface area contributed by atoms with E-state index < -0.39 is 0 Å². The van der Waals surface area contributed by atoms with Crippen LogP contribution in [0.15, 0.2) is 36.8 Å². The van der Waals surface area contributed by atoms with E-state index >= 15 is 0 Å². The molecule has 1 aliphatic heterocycles. The van der Waals surface area contributed by atoms with Gasteiger partial charge in [-0.15, -0.1) is 0 Å². The van der Waals surface area contributed by atoms with E-state index in [1.165, 1.54) is 0 Å². The lowest BCUT2D eigenvalue weighted by Gasteiger charge is -2.35. The molecule has 4 aromatic rings. The molecule has 1 aliphatic carbocycles. The van der Waals surface area contributed by atoms with Crippen LogP contribution in [0.2, 0.25) is 0 Å². The van der Waals surface area contributed by atoms with Crippen molar-refractivity contribution >= 4 is 28.3 Å². The molecule has 4 atom stereocenters. The van der Waals surface area contributed by atoms with Crippen LogP contribution in [0.5, 0.6) is 0 Å². The largest absolute Gasteiger partial charge is 0.385 e. The number of hydrogen-bond acceptors (Lipinski definition) is 8. The average Bonchev–Trinajstić information content (AvgIpc) is 3.62. The maximum Gasteiger partial charge on any atom is 0.271 e. The van der Waals surface area contributed by atoms with Crippen LogP contribution in [0.25, 0.3) is 27.9 Å². The molecule has 0 bridgehead atoms. The quantitative estimate of drug-likeness (QED) is 0.405. The number of pyridine rings is 1. The van der Waals surface area contributed by atoms with Gasteiger partial charge in [-0.1, -0.05) is 0 Å². The van der Waals surface area contributed by atoms with E-state index in [0.717, 1.165) is 35.1 Å². The van der Waals surface area contributed by atoms with Gasteiger partial charge in [0.1, 0.15) is 11.8 Å². The molecule has 0 radical (unpaired) electrons. The summed E-state index contributed by atoms with van der Waals surface area (Å²) in [5.41, 5.74) is 4.14. The lowest BCUT2D eigenvalue weighted by molar-refractivity contribution is 0.00718. The summed E-state index contributed by atoms with van der Waals surface area (Å²) >= 11 is 0. The Balaban J connectivity index is 1.45. The van der Waals surface area contributed by atoms with Gasteiger partial charge in [-0.25, -0.2) is 14.5 Å². The predicted molar refractivity (Wildman–Crippen MR) is 133 cm³/mol. The molecule has 1 saturated heterocycles. The van der Waals surface area contributed by atoms with Crippen LogP contribution in [0, 0.1) is 0 Å². The molecule has 11 nitrogen and oxygen atoms in total. The van der Waals surface area contributed by atoms with Gasteiger partial charge >= 0.3 is 0 Å². The van der Waals surface area contributed by atoms with Gasteiger partial charge in [-0.2, -0.15) is 5.10 Å². The Labute approximate surface area is 207 Å². The summed E-state index contributed by atoms with van der Waals surface area (Å²) in [6.45, 7) is 1.08. The maximum absolute atomic E-state index is 13.2. The fourth-order valence-corrected chi connectivity index (χ4v) is 5.15. The number of ether oxygens (including phenoxy) is 3. The van der Waals surface area contributed by atoms with Crippen molar-refractivity contribution in [2.24, 2.45) is 0 Å². The van der Waals surface area contributed by atoms with Gasteiger partial charge < -0.3 is 29.4 Å². The standard InChI is InChI=1S/C25H29N7O4/c1-26-18-9-17(30-32-19(10-28-24(18)32)25(33)29-16-6-7-21(16)34-2)15-11-31(20-12-36-13-22(20)35-3)23-14(15)5-4-8-27-23/h4-5,8-11,16,20-22,26H,6-7,12-13H2,1-3H3,(H,29,33)/t16?,20-,21?,22-/m0/s1. The zero-order chi connectivity index (χ0) is 24.8. The SMILES string of the molecule is CNc1cc(-c2cn([C@H]3COC[C@@H]3OC)c3ncccc23)nn2c(C(=O)NC3CCC3OC)cnc12. The number of carbonyl (C=O) groups excluding carboxylic acids is 1. The van der Waals surface area contributed by atoms with Gasteiger partial charge in [-0.3, -0.25) is 4.79 Å². The minimum atomic E-state index is -0.226. The number of imidazole rings is 1. The smallest absolute Gasteiger partial charge is 0.271 e. The first-order valence-electron chi connectivity index (χ1n) is 12.1. The van der Waals surface area contributed by atoms with E-state index in [9.17, 15) is 4.79 Å². The van der Waals surface area contributed by atoms with Crippen LogP contribution in [0.1, 0.15) is 29.4 Å². The number of methoxy groups -OCH3 is 2. The number of nitrogens with one attached hydrogen (secondary N) is 2. The van der Waals surface area contributed by atoms with E-state index in [-0.39, 0.29) is 30.2 Å². The molecule has 2 fully saturated rings. The van der Waals surface area contributed by atoms with Crippen molar-refractivity contribution in [3.05, 3.63) is 42.5 Å². The minimum absolute atomic E-state index is 0.000516. The summed E-state index contributed by atoms with van der Waals surface area (Å²) in [5.74, 6) is -0.226. The molecule has 6 rings (SSSR count). The first-order valence-corrected chi connectivity index (χ1v) is 12.1. The molecule has 0 aromatic carbocycles. The highest BCUT2D eigenvalue weighted by Crippen LogP contribution is 2.35. The van der Waals surface area contributed by atoms with E-state index in [4.69, 9.17) is 19.3 Å². The van der Waals surface area contributed by atoms with Gasteiger partial charge in [0.15, 0.2) is 11.3 Å². The molecule has 1 saturated carbocycles. The third-order valence-electron chi connectivity index (χ3n) is 7.33. The first-order chi connectivity index (χ1) is 17.6. The molecular weight excluding hydrogens is 462 g/mol. The second kappa shape index (κ2) is 9.16. The fourth-order valence-electron chi connectivity index (χ4n) is 5.15.